The first-order chi connectivity index (χ1) is 12.3. The van der Waals surface area contributed by atoms with E-state index in [1.54, 1.807) is 12.0 Å². The van der Waals surface area contributed by atoms with E-state index in [9.17, 15) is 9.59 Å². The highest BCUT2D eigenvalue weighted by Gasteiger charge is 2.29. The first-order valence-electron chi connectivity index (χ1n) is 9.17. The Labute approximate surface area is 155 Å². The summed E-state index contributed by atoms with van der Waals surface area (Å²) in [5, 5.41) is 3.01. The van der Waals surface area contributed by atoms with Gasteiger partial charge in [-0.15, -0.1) is 0 Å². The van der Waals surface area contributed by atoms with Gasteiger partial charge in [0.15, 0.2) is 0 Å². The van der Waals surface area contributed by atoms with Gasteiger partial charge in [0.25, 0.3) is 0 Å². The monoisotopic (exact) mass is 362 g/mol. The van der Waals surface area contributed by atoms with Crippen LogP contribution >= 0.6 is 0 Å². The zero-order chi connectivity index (χ0) is 19.2. The molecule has 0 saturated carbocycles. The van der Waals surface area contributed by atoms with E-state index in [1.165, 1.54) is 0 Å². The predicted molar refractivity (Wildman–Crippen MR) is 100 cm³/mol. The molecule has 0 atom stereocenters. The minimum atomic E-state index is -0.495. The van der Waals surface area contributed by atoms with E-state index >= 15 is 0 Å². The summed E-state index contributed by atoms with van der Waals surface area (Å²) >= 11 is 0. The fourth-order valence-electron chi connectivity index (χ4n) is 2.95. The van der Waals surface area contributed by atoms with E-state index in [-0.39, 0.29) is 17.9 Å². The van der Waals surface area contributed by atoms with E-state index in [1.807, 2.05) is 45.0 Å². The third-order valence-electron chi connectivity index (χ3n) is 4.36. The van der Waals surface area contributed by atoms with Crippen molar-refractivity contribution in [3.8, 4) is 5.75 Å². The SMILES string of the molecule is COc1cccc(CCNC(=O)C2CCN(C(=O)OC(C)(C)C)CC2)c1. The second-order valence-electron chi connectivity index (χ2n) is 7.63. The molecule has 1 aromatic carbocycles. The van der Waals surface area contributed by atoms with Crippen molar-refractivity contribution < 1.29 is 19.1 Å². The van der Waals surface area contributed by atoms with Crippen LogP contribution in [0.2, 0.25) is 0 Å². The van der Waals surface area contributed by atoms with Crippen LogP contribution in [0.5, 0.6) is 5.75 Å². The Bertz CT molecular complexity index is 616. The van der Waals surface area contributed by atoms with E-state index in [4.69, 9.17) is 9.47 Å². The van der Waals surface area contributed by atoms with Gasteiger partial charge in [0.2, 0.25) is 5.91 Å². The first kappa shape index (κ1) is 20.1. The molecule has 0 bridgehead atoms. The second kappa shape index (κ2) is 8.92. The maximum atomic E-state index is 12.3. The van der Waals surface area contributed by atoms with Crippen LogP contribution in [0.1, 0.15) is 39.2 Å². The van der Waals surface area contributed by atoms with Crippen molar-refractivity contribution in [2.24, 2.45) is 5.92 Å². The average Bonchev–Trinajstić information content (AvgIpc) is 2.60. The molecule has 144 valence electrons. The van der Waals surface area contributed by atoms with Crippen molar-refractivity contribution in [2.45, 2.75) is 45.6 Å². The Hall–Kier alpha value is -2.24. The zero-order valence-corrected chi connectivity index (χ0v) is 16.2. The van der Waals surface area contributed by atoms with Crippen LogP contribution in [0.4, 0.5) is 4.79 Å². The van der Waals surface area contributed by atoms with Gasteiger partial charge in [-0.2, -0.15) is 0 Å². The highest BCUT2D eigenvalue weighted by molar-refractivity contribution is 5.79. The van der Waals surface area contributed by atoms with Crippen LogP contribution in [0.25, 0.3) is 0 Å². The standard InChI is InChI=1S/C20H30N2O4/c1-20(2,3)26-19(24)22-12-9-16(10-13-22)18(23)21-11-8-15-6-5-7-17(14-15)25-4/h5-7,14,16H,8-13H2,1-4H3,(H,21,23). The van der Waals surface area contributed by atoms with Crippen molar-refractivity contribution in [2.75, 3.05) is 26.7 Å². The molecule has 0 spiro atoms. The molecule has 1 saturated heterocycles. The summed E-state index contributed by atoms with van der Waals surface area (Å²) in [5.74, 6) is 0.846. The topological polar surface area (TPSA) is 67.9 Å². The third-order valence-corrected chi connectivity index (χ3v) is 4.36. The van der Waals surface area contributed by atoms with Crippen LogP contribution in [0.15, 0.2) is 24.3 Å². The average molecular weight is 362 g/mol. The summed E-state index contributed by atoms with van der Waals surface area (Å²) in [6.45, 7) is 7.28. The number of likely N-dealkylation sites (tertiary alicyclic amines) is 1. The van der Waals surface area contributed by atoms with Gasteiger partial charge >= 0.3 is 6.09 Å². The highest BCUT2D eigenvalue weighted by Crippen LogP contribution is 2.20. The van der Waals surface area contributed by atoms with Crippen molar-refractivity contribution in [1.82, 2.24) is 10.2 Å². The Balaban J connectivity index is 1.72. The second-order valence-corrected chi connectivity index (χ2v) is 7.63. The van der Waals surface area contributed by atoms with E-state index in [2.05, 4.69) is 5.32 Å². The molecule has 6 heteroatoms. The van der Waals surface area contributed by atoms with Gasteiger partial charge < -0.3 is 19.7 Å². The molecule has 0 radical (unpaired) electrons. The molecule has 1 fully saturated rings. The molecule has 1 N–H and O–H groups in total. The summed E-state index contributed by atoms with van der Waals surface area (Å²) < 4.78 is 10.6. The maximum absolute atomic E-state index is 12.3. The molecule has 1 aromatic rings. The van der Waals surface area contributed by atoms with E-state index in [0.29, 0.717) is 32.5 Å². The number of benzene rings is 1. The molecule has 26 heavy (non-hydrogen) atoms. The van der Waals surface area contributed by atoms with Gasteiger partial charge in [0, 0.05) is 25.6 Å². The van der Waals surface area contributed by atoms with E-state index < -0.39 is 5.60 Å². The summed E-state index contributed by atoms with van der Waals surface area (Å²) in [6, 6.07) is 7.85. The minimum Gasteiger partial charge on any atom is -0.497 e. The van der Waals surface area contributed by atoms with Gasteiger partial charge in [-0.3, -0.25) is 4.79 Å². The quantitative estimate of drug-likeness (QED) is 0.874. The number of nitrogens with zero attached hydrogens (tertiary/aromatic N) is 1. The van der Waals surface area contributed by atoms with Crippen LogP contribution < -0.4 is 10.1 Å². The van der Waals surface area contributed by atoms with Gasteiger partial charge in [0.1, 0.15) is 11.4 Å². The Morgan fingerprint density at radius 2 is 1.92 bits per heavy atom. The van der Waals surface area contributed by atoms with Crippen LogP contribution in [0, 0.1) is 5.92 Å². The van der Waals surface area contributed by atoms with Crippen molar-refractivity contribution in [3.63, 3.8) is 0 Å². The normalized spacial score (nSPS) is 15.5. The van der Waals surface area contributed by atoms with Crippen LogP contribution in [-0.2, 0) is 16.0 Å². The molecule has 0 unspecified atom stereocenters. The first-order valence-corrected chi connectivity index (χ1v) is 9.17. The van der Waals surface area contributed by atoms with Crippen molar-refractivity contribution >= 4 is 12.0 Å². The molecular formula is C20H30N2O4. The number of carbonyl (C=O) groups is 2. The van der Waals surface area contributed by atoms with Gasteiger partial charge in [-0.25, -0.2) is 4.79 Å². The Morgan fingerprint density at radius 3 is 2.54 bits per heavy atom. The van der Waals surface area contributed by atoms with Gasteiger partial charge in [0.05, 0.1) is 7.11 Å². The number of hydrogen-bond donors (Lipinski definition) is 1. The lowest BCUT2D eigenvalue weighted by molar-refractivity contribution is -0.126. The fourth-order valence-corrected chi connectivity index (χ4v) is 2.95. The molecular weight excluding hydrogens is 332 g/mol. The van der Waals surface area contributed by atoms with Gasteiger partial charge in [-0.1, -0.05) is 12.1 Å². The summed E-state index contributed by atoms with van der Waals surface area (Å²) in [5.41, 5.74) is 0.634. The third kappa shape index (κ3) is 6.24. The zero-order valence-electron chi connectivity index (χ0n) is 16.2. The molecule has 0 aromatic heterocycles. The van der Waals surface area contributed by atoms with Crippen LogP contribution in [0.3, 0.4) is 0 Å². The lowest BCUT2D eigenvalue weighted by atomic mass is 9.96. The smallest absolute Gasteiger partial charge is 0.410 e. The molecule has 1 aliphatic rings. The minimum absolute atomic E-state index is 0.0426. The Morgan fingerprint density at radius 1 is 1.23 bits per heavy atom. The molecule has 0 aliphatic carbocycles. The highest BCUT2D eigenvalue weighted by atomic mass is 16.6. The lowest BCUT2D eigenvalue weighted by Crippen LogP contribution is -2.45. The number of rotatable bonds is 5. The molecule has 6 nitrogen and oxygen atoms in total. The number of nitrogens with one attached hydrogen (secondary N) is 1. The van der Waals surface area contributed by atoms with Crippen LogP contribution in [-0.4, -0.2) is 49.2 Å². The predicted octanol–water partition coefficient (Wildman–Crippen LogP) is 3.00. The number of amides is 2. The Kier molecular flexibility index (Phi) is 6.89. The van der Waals surface area contributed by atoms with E-state index in [0.717, 1.165) is 17.7 Å². The largest absolute Gasteiger partial charge is 0.497 e. The molecule has 1 aliphatic heterocycles. The lowest BCUT2D eigenvalue weighted by Gasteiger charge is -2.32. The summed E-state index contributed by atoms with van der Waals surface area (Å²) in [6.07, 6.45) is 1.81. The summed E-state index contributed by atoms with van der Waals surface area (Å²) in [7, 11) is 1.64. The maximum Gasteiger partial charge on any atom is 0.410 e. The number of methoxy groups -OCH3 is 1. The molecule has 2 rings (SSSR count). The number of ether oxygens (including phenoxy) is 2. The van der Waals surface area contributed by atoms with Crippen molar-refractivity contribution in [3.05, 3.63) is 29.8 Å². The fraction of sp³-hybridized carbons (Fsp3) is 0.600. The number of carbonyl (C=O) groups excluding carboxylic acids is 2. The number of piperidine rings is 1. The summed E-state index contributed by atoms with van der Waals surface area (Å²) in [4.78, 5) is 26.1. The molecule has 1 heterocycles. The number of hydrogen-bond acceptors (Lipinski definition) is 4. The van der Waals surface area contributed by atoms with Crippen molar-refractivity contribution in [1.29, 1.82) is 0 Å². The molecule has 2 amide bonds. The van der Waals surface area contributed by atoms with Gasteiger partial charge in [-0.05, 0) is 57.7 Å².